The van der Waals surface area contributed by atoms with Crippen LogP contribution in [-0.2, 0) is 9.59 Å². The summed E-state index contributed by atoms with van der Waals surface area (Å²) in [6.45, 7) is 4.56. The third-order valence-electron chi connectivity index (χ3n) is 8.36. The number of rotatable bonds is 32. The molecule has 0 heterocycles. The van der Waals surface area contributed by atoms with Crippen LogP contribution in [0.1, 0.15) is 219 Å². The maximum Gasteiger partial charge on any atom is 0.238 e. The molecule has 4 heteroatoms. The van der Waals surface area contributed by atoms with Gasteiger partial charge in [0.05, 0.1) is 0 Å². The van der Waals surface area contributed by atoms with Crippen molar-refractivity contribution in [2.75, 3.05) is 0 Å². The summed E-state index contributed by atoms with van der Waals surface area (Å²) in [6, 6.07) is 0. The third kappa shape index (κ3) is 33.1. The second-order valence-electron chi connectivity index (χ2n) is 12.5. The van der Waals surface area contributed by atoms with Gasteiger partial charge in [0.25, 0.3) is 0 Å². The molecule has 0 aromatic carbocycles. The van der Waals surface area contributed by atoms with Gasteiger partial charge in [0.1, 0.15) is 0 Å². The zero-order valence-corrected chi connectivity index (χ0v) is 27.4. The van der Waals surface area contributed by atoms with E-state index in [1.165, 1.54) is 167 Å². The van der Waals surface area contributed by atoms with Gasteiger partial charge < -0.3 is 0 Å². The van der Waals surface area contributed by atoms with Crippen molar-refractivity contribution in [2.45, 2.75) is 219 Å². The molecule has 0 atom stereocenters. The normalized spacial score (nSPS) is 11.2. The smallest absolute Gasteiger partial charge is 0.238 e. The van der Waals surface area contributed by atoms with E-state index in [2.05, 4.69) is 24.7 Å². The van der Waals surface area contributed by atoms with Crippen LogP contribution in [0.25, 0.3) is 0 Å². The predicted molar refractivity (Wildman–Crippen MR) is 175 cm³/mol. The fraction of sp³-hybridized carbons (Fsp3) is 0.944. The average Bonchev–Trinajstić information content (AvgIpc) is 2.96. The summed E-state index contributed by atoms with van der Waals surface area (Å²) in [5.74, 6) is -0.112. The zero-order chi connectivity index (χ0) is 29.2. The van der Waals surface area contributed by atoms with Crippen LogP contribution in [0.2, 0.25) is 0 Å². The molecule has 0 aliphatic rings. The van der Waals surface area contributed by atoms with Crippen LogP contribution in [0, 0.1) is 0 Å². The molecular weight excluding hydrogens is 492 g/mol. The van der Waals surface area contributed by atoms with Gasteiger partial charge in [-0.05, 0) is 12.8 Å². The van der Waals surface area contributed by atoms with E-state index in [-0.39, 0.29) is 11.8 Å². The van der Waals surface area contributed by atoms with Crippen molar-refractivity contribution in [3.8, 4) is 0 Å². The monoisotopic (exact) mass is 565 g/mol. The van der Waals surface area contributed by atoms with Crippen molar-refractivity contribution in [3.05, 3.63) is 0 Å². The standard InChI is InChI=1S/C36H72N2O2/c1-3-5-7-9-11-13-15-17-19-21-23-25-27-29-31-33-35(39)37-38-36(40)34-32-30-28-26-24-22-20-18-16-14-12-10-8-6-4-2/h3-34H2,1-2H3,(H,37,39)(H,38,40). The van der Waals surface area contributed by atoms with Crippen molar-refractivity contribution >= 4 is 11.8 Å². The Kier molecular flexibility index (Phi) is 33.2. The van der Waals surface area contributed by atoms with Crippen molar-refractivity contribution in [2.24, 2.45) is 0 Å². The first-order chi connectivity index (χ1) is 19.7. The van der Waals surface area contributed by atoms with E-state index in [4.69, 9.17) is 0 Å². The van der Waals surface area contributed by atoms with E-state index in [0.717, 1.165) is 25.7 Å². The summed E-state index contributed by atoms with van der Waals surface area (Å²) < 4.78 is 0. The Morgan fingerprint density at radius 1 is 0.300 bits per heavy atom. The highest BCUT2D eigenvalue weighted by molar-refractivity contribution is 5.81. The van der Waals surface area contributed by atoms with Crippen LogP contribution < -0.4 is 10.9 Å². The minimum Gasteiger partial charge on any atom is -0.273 e. The number of hydrazine groups is 1. The number of carbonyl (C=O) groups is 2. The number of carbonyl (C=O) groups excluding carboxylic acids is 2. The van der Waals surface area contributed by atoms with Gasteiger partial charge in [-0.25, -0.2) is 0 Å². The molecule has 0 aromatic rings. The van der Waals surface area contributed by atoms with Crippen molar-refractivity contribution in [3.63, 3.8) is 0 Å². The zero-order valence-electron chi connectivity index (χ0n) is 27.4. The highest BCUT2D eigenvalue weighted by atomic mass is 16.2. The molecule has 0 rings (SSSR count). The predicted octanol–water partition coefficient (Wildman–Crippen LogP) is 11.7. The molecule has 0 radical (unpaired) electrons. The number of nitrogens with one attached hydrogen (secondary N) is 2. The fourth-order valence-electron chi connectivity index (χ4n) is 5.58. The topological polar surface area (TPSA) is 58.2 Å². The summed E-state index contributed by atoms with van der Waals surface area (Å²) in [5, 5.41) is 0. The van der Waals surface area contributed by atoms with E-state index >= 15 is 0 Å². The Labute approximate surface area is 251 Å². The van der Waals surface area contributed by atoms with Gasteiger partial charge in [0, 0.05) is 12.8 Å². The molecule has 0 saturated heterocycles. The number of amides is 2. The Bertz CT molecular complexity index is 477. The number of hydrogen-bond donors (Lipinski definition) is 2. The van der Waals surface area contributed by atoms with Gasteiger partial charge in [0.15, 0.2) is 0 Å². The lowest BCUT2D eigenvalue weighted by molar-refractivity contribution is -0.129. The SMILES string of the molecule is CCCCCCCCCCCCCCCCCC(=O)NNC(=O)CCCCCCCCCCCCCCCCC. The van der Waals surface area contributed by atoms with Gasteiger partial charge in [-0.1, -0.05) is 194 Å². The fourth-order valence-corrected chi connectivity index (χ4v) is 5.58. The van der Waals surface area contributed by atoms with Gasteiger partial charge in [0.2, 0.25) is 11.8 Å². The van der Waals surface area contributed by atoms with E-state index in [1.807, 2.05) is 0 Å². The molecule has 40 heavy (non-hydrogen) atoms. The minimum absolute atomic E-state index is 0.0560. The van der Waals surface area contributed by atoms with Crippen molar-refractivity contribution in [1.29, 1.82) is 0 Å². The Balaban J connectivity index is 3.27. The number of hydrogen-bond acceptors (Lipinski definition) is 2. The van der Waals surface area contributed by atoms with E-state index in [1.54, 1.807) is 0 Å². The van der Waals surface area contributed by atoms with Crippen LogP contribution >= 0.6 is 0 Å². The largest absolute Gasteiger partial charge is 0.273 e. The lowest BCUT2D eigenvalue weighted by Gasteiger charge is -2.07. The lowest BCUT2D eigenvalue weighted by Crippen LogP contribution is -2.41. The van der Waals surface area contributed by atoms with Gasteiger partial charge in [-0.3, -0.25) is 20.4 Å². The van der Waals surface area contributed by atoms with Gasteiger partial charge >= 0.3 is 0 Å². The van der Waals surface area contributed by atoms with Crippen LogP contribution in [0.15, 0.2) is 0 Å². The highest BCUT2D eigenvalue weighted by Gasteiger charge is 2.05. The first kappa shape index (κ1) is 38.9. The molecule has 0 spiro atoms. The molecule has 2 amide bonds. The Morgan fingerprint density at radius 2 is 0.475 bits per heavy atom. The molecule has 0 unspecified atom stereocenters. The summed E-state index contributed by atoms with van der Waals surface area (Å²) in [5.41, 5.74) is 5.19. The maximum absolute atomic E-state index is 12.0. The third-order valence-corrected chi connectivity index (χ3v) is 8.36. The summed E-state index contributed by atoms with van der Waals surface area (Å²) in [6.07, 6.45) is 40.8. The lowest BCUT2D eigenvalue weighted by atomic mass is 10.0. The van der Waals surface area contributed by atoms with E-state index in [0.29, 0.717) is 12.8 Å². The molecule has 0 saturated carbocycles. The minimum atomic E-state index is -0.0560. The molecule has 238 valence electrons. The number of unbranched alkanes of at least 4 members (excludes halogenated alkanes) is 28. The Morgan fingerprint density at radius 3 is 0.675 bits per heavy atom. The summed E-state index contributed by atoms with van der Waals surface area (Å²) >= 11 is 0. The first-order valence-corrected chi connectivity index (χ1v) is 18.3. The van der Waals surface area contributed by atoms with Crippen LogP contribution in [0.5, 0.6) is 0 Å². The first-order valence-electron chi connectivity index (χ1n) is 18.3. The van der Waals surface area contributed by atoms with E-state index in [9.17, 15) is 9.59 Å². The van der Waals surface area contributed by atoms with Crippen LogP contribution in [0.3, 0.4) is 0 Å². The highest BCUT2D eigenvalue weighted by Crippen LogP contribution is 2.15. The molecule has 2 N–H and O–H groups in total. The quantitative estimate of drug-likeness (QED) is 0.0630. The molecular formula is C36H72N2O2. The average molecular weight is 565 g/mol. The molecule has 0 aliphatic heterocycles. The molecule has 4 nitrogen and oxygen atoms in total. The molecule has 0 aliphatic carbocycles. The van der Waals surface area contributed by atoms with Crippen LogP contribution in [-0.4, -0.2) is 11.8 Å². The molecule has 0 aromatic heterocycles. The van der Waals surface area contributed by atoms with Crippen molar-refractivity contribution in [1.82, 2.24) is 10.9 Å². The second-order valence-corrected chi connectivity index (χ2v) is 12.5. The van der Waals surface area contributed by atoms with E-state index < -0.39 is 0 Å². The van der Waals surface area contributed by atoms with Crippen LogP contribution in [0.4, 0.5) is 0 Å². The molecule has 0 bridgehead atoms. The van der Waals surface area contributed by atoms with Crippen molar-refractivity contribution < 1.29 is 9.59 Å². The Hall–Kier alpha value is -1.06. The van der Waals surface area contributed by atoms with Gasteiger partial charge in [-0.15, -0.1) is 0 Å². The summed E-state index contributed by atoms with van der Waals surface area (Å²) in [7, 11) is 0. The van der Waals surface area contributed by atoms with Gasteiger partial charge in [-0.2, -0.15) is 0 Å². The second kappa shape index (κ2) is 34.1. The maximum atomic E-state index is 12.0. The summed E-state index contributed by atoms with van der Waals surface area (Å²) in [4.78, 5) is 23.9. The molecule has 0 fully saturated rings.